The molecule has 0 aliphatic heterocycles. The molecule has 7 nitrogen and oxygen atoms in total. The van der Waals surface area contributed by atoms with E-state index in [9.17, 15) is 13.2 Å². The number of halogens is 1. The molecule has 0 spiro atoms. The molecule has 0 aliphatic rings. The van der Waals surface area contributed by atoms with Crippen molar-refractivity contribution in [1.82, 2.24) is 10.2 Å². The number of nitrogens with zero attached hydrogens (tertiary/aromatic N) is 3. The first kappa shape index (κ1) is 20.2. The normalized spacial score (nSPS) is 11.3. The van der Waals surface area contributed by atoms with Gasteiger partial charge in [0.25, 0.3) is 5.91 Å². The molecule has 1 N–H and O–H groups in total. The van der Waals surface area contributed by atoms with Gasteiger partial charge < -0.3 is 0 Å². The molecular weight excluding hydrogens is 420 g/mol. The fourth-order valence-corrected chi connectivity index (χ4v) is 3.83. The Morgan fingerprint density at radius 3 is 2.43 bits per heavy atom. The molecule has 28 heavy (non-hydrogen) atoms. The first-order valence-corrected chi connectivity index (χ1v) is 11.1. The minimum absolute atomic E-state index is 0.133. The molecule has 3 aromatic rings. The second kappa shape index (κ2) is 7.86. The highest BCUT2D eigenvalue weighted by Gasteiger charge is 2.17. The third kappa shape index (κ3) is 4.49. The molecule has 1 amide bonds. The van der Waals surface area contributed by atoms with Crippen LogP contribution in [-0.4, -0.2) is 37.8 Å². The molecule has 1 heterocycles. The summed E-state index contributed by atoms with van der Waals surface area (Å²) in [7, 11) is -2.01. The van der Waals surface area contributed by atoms with Crippen LogP contribution in [0.5, 0.6) is 0 Å². The number of sulfonamides is 1. The van der Waals surface area contributed by atoms with Gasteiger partial charge in [-0.05, 0) is 25.1 Å². The lowest BCUT2D eigenvalue weighted by Crippen LogP contribution is -2.25. The zero-order chi connectivity index (χ0) is 20.5. The zero-order valence-electron chi connectivity index (χ0n) is 15.3. The Labute approximate surface area is 172 Å². The quantitative estimate of drug-likeness (QED) is 0.656. The molecule has 0 radical (unpaired) electrons. The van der Waals surface area contributed by atoms with Gasteiger partial charge in [-0.15, -0.1) is 10.2 Å². The zero-order valence-corrected chi connectivity index (χ0v) is 17.7. The lowest BCUT2D eigenvalue weighted by molar-refractivity contribution is 0.102. The van der Waals surface area contributed by atoms with Gasteiger partial charge in [-0.3, -0.25) is 14.4 Å². The number of anilines is 2. The second-order valence-corrected chi connectivity index (χ2v) is 9.53. The highest BCUT2D eigenvalue weighted by molar-refractivity contribution is 7.92. The molecule has 0 fully saturated rings. The van der Waals surface area contributed by atoms with Gasteiger partial charge in [-0.1, -0.05) is 52.8 Å². The van der Waals surface area contributed by atoms with Crippen LogP contribution in [0, 0.1) is 6.92 Å². The van der Waals surface area contributed by atoms with Gasteiger partial charge in [0.1, 0.15) is 5.01 Å². The summed E-state index contributed by atoms with van der Waals surface area (Å²) in [5.41, 5.74) is 2.62. The number of benzene rings is 2. The summed E-state index contributed by atoms with van der Waals surface area (Å²) in [6.07, 6.45) is 1.09. The summed E-state index contributed by atoms with van der Waals surface area (Å²) in [6, 6.07) is 12.2. The van der Waals surface area contributed by atoms with Crippen molar-refractivity contribution >= 4 is 49.7 Å². The molecule has 0 aliphatic carbocycles. The van der Waals surface area contributed by atoms with Crippen molar-refractivity contribution in [2.75, 3.05) is 22.9 Å². The summed E-state index contributed by atoms with van der Waals surface area (Å²) < 4.78 is 24.3. The molecular formula is C18H17ClN4O3S2. The predicted octanol–water partition coefficient (Wildman–Crippen LogP) is 3.82. The maximum absolute atomic E-state index is 12.5. The van der Waals surface area contributed by atoms with Gasteiger partial charge in [0.2, 0.25) is 15.2 Å². The highest BCUT2D eigenvalue weighted by Crippen LogP contribution is 2.28. The van der Waals surface area contributed by atoms with Crippen LogP contribution in [0.4, 0.5) is 10.8 Å². The lowest BCUT2D eigenvalue weighted by Gasteiger charge is -2.17. The summed E-state index contributed by atoms with van der Waals surface area (Å²) >= 11 is 7.43. The molecule has 3 rings (SSSR count). The first-order valence-electron chi connectivity index (χ1n) is 8.10. The van der Waals surface area contributed by atoms with Gasteiger partial charge in [-0.2, -0.15) is 0 Å². The molecule has 0 saturated heterocycles. The molecule has 0 unspecified atom stereocenters. The van der Waals surface area contributed by atoms with Crippen molar-refractivity contribution in [3.63, 3.8) is 0 Å². The highest BCUT2D eigenvalue weighted by atomic mass is 35.5. The minimum atomic E-state index is -3.42. The summed E-state index contributed by atoms with van der Waals surface area (Å²) in [6.45, 7) is 2.00. The topological polar surface area (TPSA) is 92.3 Å². The van der Waals surface area contributed by atoms with E-state index in [-0.39, 0.29) is 10.6 Å². The van der Waals surface area contributed by atoms with E-state index in [4.69, 9.17) is 11.6 Å². The molecule has 1 aromatic heterocycles. The summed E-state index contributed by atoms with van der Waals surface area (Å²) in [4.78, 5) is 12.5. The Morgan fingerprint density at radius 2 is 1.82 bits per heavy atom. The molecule has 146 valence electrons. The van der Waals surface area contributed by atoms with Crippen molar-refractivity contribution in [2.45, 2.75) is 6.92 Å². The smallest absolute Gasteiger partial charge is 0.259 e. The minimum Gasteiger partial charge on any atom is -0.296 e. The average molecular weight is 437 g/mol. The fraction of sp³-hybridized carbons (Fsp3) is 0.167. The molecule has 2 aromatic carbocycles. The second-order valence-electron chi connectivity index (χ2n) is 6.13. The average Bonchev–Trinajstić information content (AvgIpc) is 3.09. The third-order valence-electron chi connectivity index (χ3n) is 4.00. The lowest BCUT2D eigenvalue weighted by atomic mass is 10.2. The predicted molar refractivity (Wildman–Crippen MR) is 113 cm³/mol. The van der Waals surface area contributed by atoms with E-state index in [1.165, 1.54) is 36.6 Å². The van der Waals surface area contributed by atoms with Crippen molar-refractivity contribution in [3.8, 4) is 10.6 Å². The van der Waals surface area contributed by atoms with Crippen LogP contribution >= 0.6 is 22.9 Å². The largest absolute Gasteiger partial charge is 0.296 e. The number of aryl methyl sites for hydroxylation is 1. The van der Waals surface area contributed by atoms with Crippen molar-refractivity contribution in [1.29, 1.82) is 0 Å². The number of carbonyl (C=O) groups is 1. The van der Waals surface area contributed by atoms with Crippen LogP contribution in [0.2, 0.25) is 5.02 Å². The van der Waals surface area contributed by atoms with E-state index in [0.717, 1.165) is 21.7 Å². The Hall–Kier alpha value is -2.49. The van der Waals surface area contributed by atoms with E-state index in [0.29, 0.717) is 15.8 Å². The number of amides is 1. The maximum atomic E-state index is 12.5. The van der Waals surface area contributed by atoms with Crippen molar-refractivity contribution in [3.05, 3.63) is 58.6 Å². The number of nitrogens with one attached hydrogen (secondary N) is 1. The summed E-state index contributed by atoms with van der Waals surface area (Å²) in [5.74, 6) is -0.454. The number of rotatable bonds is 5. The van der Waals surface area contributed by atoms with E-state index >= 15 is 0 Å². The third-order valence-corrected chi connectivity index (χ3v) is 6.41. The van der Waals surface area contributed by atoms with Crippen LogP contribution in [0.15, 0.2) is 42.5 Å². The van der Waals surface area contributed by atoms with Gasteiger partial charge in [-0.25, -0.2) is 8.42 Å². The van der Waals surface area contributed by atoms with Gasteiger partial charge in [0.15, 0.2) is 0 Å². The Balaban J connectivity index is 1.77. The SMILES string of the molecule is Cc1ccc(-c2nnc(NC(=O)c3ccc(N(C)S(C)(=O)=O)cc3Cl)s2)cc1. The van der Waals surface area contributed by atoms with Gasteiger partial charge in [0.05, 0.1) is 22.5 Å². The Kier molecular flexibility index (Phi) is 5.69. The van der Waals surface area contributed by atoms with Gasteiger partial charge in [0, 0.05) is 12.6 Å². The van der Waals surface area contributed by atoms with Crippen molar-refractivity contribution in [2.24, 2.45) is 0 Å². The van der Waals surface area contributed by atoms with Crippen LogP contribution < -0.4 is 9.62 Å². The number of hydrogen-bond acceptors (Lipinski definition) is 6. The van der Waals surface area contributed by atoms with Crippen LogP contribution in [-0.2, 0) is 10.0 Å². The van der Waals surface area contributed by atoms with Crippen molar-refractivity contribution < 1.29 is 13.2 Å². The van der Waals surface area contributed by atoms with Crippen LogP contribution in [0.1, 0.15) is 15.9 Å². The van der Waals surface area contributed by atoms with Crippen LogP contribution in [0.25, 0.3) is 10.6 Å². The van der Waals surface area contributed by atoms with E-state index < -0.39 is 15.9 Å². The molecule has 0 atom stereocenters. The number of carbonyl (C=O) groups excluding carboxylic acids is 1. The number of hydrogen-bond donors (Lipinski definition) is 1. The van der Waals surface area contributed by atoms with E-state index in [1.54, 1.807) is 0 Å². The summed E-state index contributed by atoms with van der Waals surface area (Å²) in [5, 5.41) is 11.9. The standard InChI is InChI=1S/C18H17ClN4O3S2/c1-11-4-6-12(7-5-11)17-21-22-18(27-17)20-16(24)14-9-8-13(10-15(14)19)23(2)28(3,25)26/h4-10H,1-3H3,(H,20,22,24). The fourth-order valence-electron chi connectivity index (χ4n) is 2.33. The van der Waals surface area contributed by atoms with Gasteiger partial charge >= 0.3 is 0 Å². The molecule has 0 bridgehead atoms. The molecule has 10 heteroatoms. The van der Waals surface area contributed by atoms with Crippen LogP contribution in [0.3, 0.4) is 0 Å². The molecule has 0 saturated carbocycles. The number of aromatic nitrogens is 2. The monoisotopic (exact) mass is 436 g/mol. The van der Waals surface area contributed by atoms with E-state index in [1.807, 2.05) is 31.2 Å². The Morgan fingerprint density at radius 1 is 1.14 bits per heavy atom. The van der Waals surface area contributed by atoms with E-state index in [2.05, 4.69) is 15.5 Å². The Bertz CT molecular complexity index is 1130. The maximum Gasteiger partial charge on any atom is 0.259 e. The first-order chi connectivity index (χ1) is 13.1.